The van der Waals surface area contributed by atoms with Gasteiger partial charge in [-0.05, 0) is 30.5 Å². The number of hydrogen-bond acceptors (Lipinski definition) is 3. The lowest BCUT2D eigenvalue weighted by atomic mass is 10.1. The molecule has 20 heavy (non-hydrogen) atoms. The molecule has 5 heteroatoms. The minimum Gasteiger partial charge on any atom is -0.487 e. The van der Waals surface area contributed by atoms with E-state index in [1.165, 1.54) is 11.1 Å². The summed E-state index contributed by atoms with van der Waals surface area (Å²) in [5.74, 6) is 0.863. The van der Waals surface area contributed by atoms with Crippen LogP contribution in [0, 0.1) is 13.8 Å². The Balaban J connectivity index is 2.66. The van der Waals surface area contributed by atoms with Crippen molar-refractivity contribution in [3.8, 4) is 5.75 Å². The van der Waals surface area contributed by atoms with Crippen LogP contribution in [0.1, 0.15) is 16.7 Å². The molecule has 0 saturated carbocycles. The Kier molecular flexibility index (Phi) is 8.00. The van der Waals surface area contributed by atoms with Gasteiger partial charge in [0.05, 0.1) is 11.6 Å². The SMILES string of the molecule is COCCNCc1cc(C)c(OCC(Cl)=CCl)c(C)c1. The highest BCUT2D eigenvalue weighted by Crippen LogP contribution is 2.25. The van der Waals surface area contributed by atoms with Gasteiger partial charge in [0.15, 0.2) is 0 Å². The summed E-state index contributed by atoms with van der Waals surface area (Å²) in [4.78, 5) is 0. The van der Waals surface area contributed by atoms with E-state index in [0.29, 0.717) is 11.6 Å². The zero-order valence-electron chi connectivity index (χ0n) is 12.1. The molecule has 0 bridgehead atoms. The van der Waals surface area contributed by atoms with E-state index >= 15 is 0 Å². The van der Waals surface area contributed by atoms with Gasteiger partial charge in [-0.3, -0.25) is 0 Å². The summed E-state index contributed by atoms with van der Waals surface area (Å²) in [6.07, 6.45) is 0. The quantitative estimate of drug-likeness (QED) is 0.741. The maximum absolute atomic E-state index is 5.83. The molecule has 0 fully saturated rings. The fourth-order valence-corrected chi connectivity index (χ4v) is 2.07. The fourth-order valence-electron chi connectivity index (χ4n) is 1.95. The lowest BCUT2D eigenvalue weighted by Crippen LogP contribution is -2.18. The Morgan fingerprint density at radius 3 is 2.50 bits per heavy atom. The highest BCUT2D eigenvalue weighted by Gasteiger charge is 2.07. The molecule has 0 aliphatic rings. The van der Waals surface area contributed by atoms with E-state index in [1.54, 1.807) is 7.11 Å². The second-order valence-electron chi connectivity index (χ2n) is 4.57. The summed E-state index contributed by atoms with van der Waals surface area (Å²) >= 11 is 11.3. The van der Waals surface area contributed by atoms with Crippen LogP contribution < -0.4 is 10.1 Å². The lowest BCUT2D eigenvalue weighted by molar-refractivity contribution is 0.199. The van der Waals surface area contributed by atoms with Crippen molar-refractivity contribution >= 4 is 23.2 Å². The van der Waals surface area contributed by atoms with Gasteiger partial charge in [0.2, 0.25) is 0 Å². The third-order valence-electron chi connectivity index (χ3n) is 2.80. The largest absolute Gasteiger partial charge is 0.487 e. The Morgan fingerprint density at radius 1 is 1.30 bits per heavy atom. The molecule has 112 valence electrons. The van der Waals surface area contributed by atoms with Crippen LogP contribution in [-0.4, -0.2) is 26.9 Å². The van der Waals surface area contributed by atoms with Gasteiger partial charge in [-0.25, -0.2) is 0 Å². The molecule has 0 unspecified atom stereocenters. The van der Waals surface area contributed by atoms with Crippen molar-refractivity contribution in [2.24, 2.45) is 0 Å². The minimum atomic E-state index is 0.290. The van der Waals surface area contributed by atoms with E-state index in [-0.39, 0.29) is 6.61 Å². The zero-order valence-corrected chi connectivity index (χ0v) is 13.6. The number of halogens is 2. The highest BCUT2D eigenvalue weighted by molar-refractivity contribution is 6.36. The van der Waals surface area contributed by atoms with Crippen LogP contribution in [0.4, 0.5) is 0 Å². The summed E-state index contributed by atoms with van der Waals surface area (Å²) in [5.41, 5.74) is 4.72. The minimum absolute atomic E-state index is 0.290. The maximum atomic E-state index is 5.83. The highest BCUT2D eigenvalue weighted by atomic mass is 35.5. The molecule has 3 nitrogen and oxygen atoms in total. The van der Waals surface area contributed by atoms with E-state index in [9.17, 15) is 0 Å². The van der Waals surface area contributed by atoms with Gasteiger partial charge in [0, 0.05) is 25.7 Å². The predicted octanol–water partition coefficient (Wildman–Crippen LogP) is 3.74. The molecule has 0 amide bonds. The van der Waals surface area contributed by atoms with Crippen LogP contribution in [0.25, 0.3) is 0 Å². The van der Waals surface area contributed by atoms with Gasteiger partial charge in [-0.15, -0.1) is 0 Å². The van der Waals surface area contributed by atoms with Crippen LogP contribution in [0.3, 0.4) is 0 Å². The summed E-state index contributed by atoms with van der Waals surface area (Å²) in [6.45, 7) is 6.70. The first kappa shape index (κ1) is 17.3. The van der Waals surface area contributed by atoms with Crippen LogP contribution >= 0.6 is 23.2 Å². The number of nitrogens with one attached hydrogen (secondary N) is 1. The molecule has 1 rings (SSSR count). The van der Waals surface area contributed by atoms with E-state index < -0.39 is 0 Å². The van der Waals surface area contributed by atoms with Crippen molar-refractivity contribution in [3.05, 3.63) is 39.4 Å². The van der Waals surface area contributed by atoms with E-state index in [4.69, 9.17) is 32.7 Å². The Hall–Kier alpha value is -0.740. The van der Waals surface area contributed by atoms with Gasteiger partial charge in [0.25, 0.3) is 0 Å². The van der Waals surface area contributed by atoms with Gasteiger partial charge in [0.1, 0.15) is 12.4 Å². The molecular weight excluding hydrogens is 297 g/mol. The van der Waals surface area contributed by atoms with Crippen molar-refractivity contribution in [1.29, 1.82) is 0 Å². The molecular formula is C15H21Cl2NO2. The number of benzene rings is 1. The molecule has 0 atom stereocenters. The van der Waals surface area contributed by atoms with Crippen LogP contribution in [0.15, 0.2) is 22.7 Å². The molecule has 1 aromatic rings. The van der Waals surface area contributed by atoms with E-state index in [0.717, 1.165) is 30.0 Å². The molecule has 0 saturated heterocycles. The van der Waals surface area contributed by atoms with Gasteiger partial charge < -0.3 is 14.8 Å². The molecule has 0 aliphatic heterocycles. The third kappa shape index (κ3) is 5.71. The number of aryl methyl sites for hydroxylation is 2. The number of methoxy groups -OCH3 is 1. The molecule has 0 aromatic heterocycles. The Morgan fingerprint density at radius 2 is 1.95 bits per heavy atom. The van der Waals surface area contributed by atoms with Gasteiger partial charge >= 0.3 is 0 Å². The molecule has 0 radical (unpaired) electrons. The number of rotatable bonds is 8. The van der Waals surface area contributed by atoms with Crippen molar-refractivity contribution in [1.82, 2.24) is 5.32 Å². The summed E-state index contributed by atoms with van der Waals surface area (Å²) in [6, 6.07) is 4.22. The Labute approximate surface area is 130 Å². The normalized spacial score (nSPS) is 11.8. The molecule has 0 spiro atoms. The predicted molar refractivity (Wildman–Crippen MR) is 84.8 cm³/mol. The second-order valence-corrected chi connectivity index (χ2v) is 5.28. The fraction of sp³-hybridized carbons (Fsp3) is 0.467. The first-order valence-corrected chi connectivity index (χ1v) is 7.27. The van der Waals surface area contributed by atoms with Crippen molar-refractivity contribution in [2.75, 3.05) is 26.9 Å². The molecule has 0 heterocycles. The summed E-state index contributed by atoms with van der Waals surface area (Å²) in [5, 5.41) is 3.80. The Bertz CT molecular complexity index is 438. The summed E-state index contributed by atoms with van der Waals surface area (Å²) in [7, 11) is 1.70. The molecule has 0 aliphatic carbocycles. The van der Waals surface area contributed by atoms with Crippen LogP contribution in [0.5, 0.6) is 5.75 Å². The van der Waals surface area contributed by atoms with E-state index in [2.05, 4.69) is 17.4 Å². The van der Waals surface area contributed by atoms with Crippen LogP contribution in [-0.2, 0) is 11.3 Å². The lowest BCUT2D eigenvalue weighted by Gasteiger charge is -2.14. The van der Waals surface area contributed by atoms with Gasteiger partial charge in [-0.1, -0.05) is 35.3 Å². The van der Waals surface area contributed by atoms with Crippen LogP contribution in [0.2, 0.25) is 0 Å². The van der Waals surface area contributed by atoms with Crippen molar-refractivity contribution in [3.63, 3.8) is 0 Å². The number of hydrogen-bond donors (Lipinski definition) is 1. The van der Waals surface area contributed by atoms with Gasteiger partial charge in [-0.2, -0.15) is 0 Å². The third-order valence-corrected chi connectivity index (χ3v) is 3.40. The average Bonchev–Trinajstić information content (AvgIpc) is 2.42. The smallest absolute Gasteiger partial charge is 0.125 e. The molecule has 1 aromatic carbocycles. The first-order chi connectivity index (χ1) is 9.58. The number of ether oxygens (including phenoxy) is 2. The van der Waals surface area contributed by atoms with Crippen molar-refractivity contribution < 1.29 is 9.47 Å². The zero-order chi connectivity index (χ0) is 15.0. The second kappa shape index (κ2) is 9.24. The van der Waals surface area contributed by atoms with Crippen molar-refractivity contribution in [2.45, 2.75) is 20.4 Å². The average molecular weight is 318 g/mol. The molecule has 1 N–H and O–H groups in total. The standard InChI is InChI=1S/C15H21Cl2NO2/c1-11-6-13(9-18-4-5-19-3)7-12(2)15(11)20-10-14(17)8-16/h6-8,18H,4-5,9-10H2,1-3H3. The first-order valence-electron chi connectivity index (χ1n) is 6.45. The monoisotopic (exact) mass is 317 g/mol. The summed E-state index contributed by atoms with van der Waals surface area (Å²) < 4.78 is 10.7. The maximum Gasteiger partial charge on any atom is 0.125 e. The topological polar surface area (TPSA) is 30.5 Å². The van der Waals surface area contributed by atoms with E-state index in [1.807, 2.05) is 13.8 Å².